The molecule has 0 bridgehead atoms. The Bertz CT molecular complexity index is 416. The van der Waals surface area contributed by atoms with Crippen molar-refractivity contribution in [1.29, 1.82) is 0 Å². The number of aliphatic imine (C=N–C) groups is 1. The number of hydrogen-bond donors (Lipinski definition) is 2. The second-order valence-electron chi connectivity index (χ2n) is 4.30. The van der Waals surface area contributed by atoms with E-state index in [0.717, 1.165) is 44.2 Å². The Morgan fingerprint density at radius 1 is 1.29 bits per heavy atom. The first kappa shape index (κ1) is 20.1. The fourth-order valence-electron chi connectivity index (χ4n) is 1.67. The SMILES string of the molecule is CCNC(=NCc1cccc(F)c1)NCCCOCC.I. The zero-order valence-electron chi connectivity index (χ0n) is 12.7. The number of ether oxygens (including phenoxy) is 1. The van der Waals surface area contributed by atoms with E-state index < -0.39 is 0 Å². The first-order valence-corrected chi connectivity index (χ1v) is 7.10. The number of halogens is 2. The largest absolute Gasteiger partial charge is 0.382 e. The monoisotopic (exact) mass is 409 g/mol. The third-order valence-corrected chi connectivity index (χ3v) is 2.62. The van der Waals surface area contributed by atoms with E-state index >= 15 is 0 Å². The highest BCUT2D eigenvalue weighted by Gasteiger charge is 1.98. The van der Waals surface area contributed by atoms with Gasteiger partial charge in [-0.1, -0.05) is 12.1 Å². The molecule has 4 nitrogen and oxygen atoms in total. The summed E-state index contributed by atoms with van der Waals surface area (Å²) in [5.74, 6) is 0.514. The fourth-order valence-corrected chi connectivity index (χ4v) is 1.67. The van der Waals surface area contributed by atoms with Crippen molar-refractivity contribution in [2.24, 2.45) is 4.99 Å². The van der Waals surface area contributed by atoms with Crippen molar-refractivity contribution in [2.45, 2.75) is 26.8 Å². The number of nitrogens with one attached hydrogen (secondary N) is 2. The van der Waals surface area contributed by atoms with Crippen LogP contribution in [0.1, 0.15) is 25.8 Å². The molecule has 6 heteroatoms. The number of benzene rings is 1. The first-order chi connectivity index (χ1) is 9.76. The van der Waals surface area contributed by atoms with Crippen molar-refractivity contribution in [1.82, 2.24) is 10.6 Å². The van der Waals surface area contributed by atoms with Crippen LogP contribution < -0.4 is 10.6 Å². The summed E-state index contributed by atoms with van der Waals surface area (Å²) < 4.78 is 18.3. The maximum absolute atomic E-state index is 13.1. The lowest BCUT2D eigenvalue weighted by molar-refractivity contribution is 0.145. The maximum Gasteiger partial charge on any atom is 0.191 e. The second-order valence-corrected chi connectivity index (χ2v) is 4.30. The quantitative estimate of drug-likeness (QED) is 0.301. The van der Waals surface area contributed by atoms with E-state index in [1.165, 1.54) is 12.1 Å². The average Bonchev–Trinajstić information content (AvgIpc) is 2.44. The van der Waals surface area contributed by atoms with Gasteiger partial charge < -0.3 is 15.4 Å². The molecule has 0 unspecified atom stereocenters. The van der Waals surface area contributed by atoms with Crippen LogP contribution in [0.25, 0.3) is 0 Å². The second kappa shape index (κ2) is 12.8. The smallest absolute Gasteiger partial charge is 0.191 e. The summed E-state index contributed by atoms with van der Waals surface area (Å²) in [5.41, 5.74) is 0.858. The molecule has 1 rings (SSSR count). The van der Waals surface area contributed by atoms with E-state index in [4.69, 9.17) is 4.74 Å². The summed E-state index contributed by atoms with van der Waals surface area (Å²) in [6.07, 6.45) is 0.929. The highest BCUT2D eigenvalue weighted by Crippen LogP contribution is 2.04. The summed E-state index contributed by atoms with van der Waals surface area (Å²) in [4.78, 5) is 4.43. The van der Waals surface area contributed by atoms with Gasteiger partial charge in [0.05, 0.1) is 6.54 Å². The number of nitrogens with zero attached hydrogens (tertiary/aromatic N) is 1. The van der Waals surface area contributed by atoms with Gasteiger partial charge in [-0.2, -0.15) is 0 Å². The summed E-state index contributed by atoms with van der Waals surface area (Å²) in [6, 6.07) is 6.50. The Morgan fingerprint density at radius 2 is 2.10 bits per heavy atom. The molecule has 0 heterocycles. The summed E-state index contributed by atoms with van der Waals surface area (Å²) in [7, 11) is 0. The van der Waals surface area contributed by atoms with E-state index in [2.05, 4.69) is 15.6 Å². The topological polar surface area (TPSA) is 45.7 Å². The van der Waals surface area contributed by atoms with Crippen LogP contribution >= 0.6 is 24.0 Å². The van der Waals surface area contributed by atoms with Crippen LogP contribution in [0.4, 0.5) is 4.39 Å². The van der Waals surface area contributed by atoms with Gasteiger partial charge in [0, 0.05) is 26.3 Å². The van der Waals surface area contributed by atoms with Gasteiger partial charge in [0.2, 0.25) is 0 Å². The molecule has 0 amide bonds. The van der Waals surface area contributed by atoms with Crippen LogP contribution in [0.15, 0.2) is 29.3 Å². The van der Waals surface area contributed by atoms with Crippen LogP contribution in [0.2, 0.25) is 0 Å². The van der Waals surface area contributed by atoms with Crippen LogP contribution in [0, 0.1) is 5.82 Å². The minimum absolute atomic E-state index is 0. The molecule has 21 heavy (non-hydrogen) atoms. The molecule has 0 atom stereocenters. The molecule has 0 aliphatic heterocycles. The van der Waals surface area contributed by atoms with Crippen molar-refractivity contribution in [2.75, 3.05) is 26.3 Å². The van der Waals surface area contributed by atoms with Crippen LogP contribution in [0.5, 0.6) is 0 Å². The molecule has 1 aromatic carbocycles. The van der Waals surface area contributed by atoms with Gasteiger partial charge in [-0.15, -0.1) is 24.0 Å². The van der Waals surface area contributed by atoms with E-state index in [1.807, 2.05) is 19.9 Å². The molecular formula is C15H25FIN3O. The van der Waals surface area contributed by atoms with Gasteiger partial charge in [0.1, 0.15) is 5.82 Å². The van der Waals surface area contributed by atoms with Crippen LogP contribution in [-0.4, -0.2) is 32.3 Å². The fraction of sp³-hybridized carbons (Fsp3) is 0.533. The van der Waals surface area contributed by atoms with Crippen LogP contribution in [-0.2, 0) is 11.3 Å². The average molecular weight is 409 g/mol. The molecule has 1 aromatic rings. The van der Waals surface area contributed by atoms with Gasteiger partial charge in [-0.3, -0.25) is 0 Å². The Kier molecular flexibility index (Phi) is 12.3. The third kappa shape index (κ3) is 9.62. The van der Waals surface area contributed by atoms with Crippen LogP contribution in [0.3, 0.4) is 0 Å². The lowest BCUT2D eigenvalue weighted by Crippen LogP contribution is -2.38. The molecule has 0 fully saturated rings. The zero-order chi connectivity index (χ0) is 14.6. The Balaban J connectivity index is 0.00000400. The maximum atomic E-state index is 13.1. The molecule has 2 N–H and O–H groups in total. The van der Waals surface area contributed by atoms with E-state index in [-0.39, 0.29) is 29.8 Å². The minimum atomic E-state index is -0.229. The predicted molar refractivity (Wildman–Crippen MR) is 95.7 cm³/mol. The lowest BCUT2D eigenvalue weighted by Gasteiger charge is -2.11. The molecule has 0 aliphatic carbocycles. The summed E-state index contributed by atoms with van der Waals surface area (Å²) in [5, 5.41) is 6.39. The predicted octanol–water partition coefficient (Wildman–Crippen LogP) is 2.93. The summed E-state index contributed by atoms with van der Waals surface area (Å²) >= 11 is 0. The highest BCUT2D eigenvalue weighted by atomic mass is 127. The zero-order valence-corrected chi connectivity index (χ0v) is 15.0. The Hall–Kier alpha value is -0.890. The van der Waals surface area contributed by atoms with Crippen molar-refractivity contribution in [3.63, 3.8) is 0 Å². The van der Waals surface area contributed by atoms with Gasteiger partial charge in [0.25, 0.3) is 0 Å². The molecule has 0 aliphatic rings. The third-order valence-electron chi connectivity index (χ3n) is 2.62. The van der Waals surface area contributed by atoms with Crippen molar-refractivity contribution < 1.29 is 9.13 Å². The first-order valence-electron chi connectivity index (χ1n) is 7.10. The van der Waals surface area contributed by atoms with Gasteiger partial charge >= 0.3 is 0 Å². The highest BCUT2D eigenvalue weighted by molar-refractivity contribution is 14.0. The van der Waals surface area contributed by atoms with Gasteiger partial charge in [-0.05, 0) is 38.0 Å². The molecular weight excluding hydrogens is 384 g/mol. The molecule has 120 valence electrons. The van der Waals surface area contributed by atoms with E-state index in [1.54, 1.807) is 6.07 Å². The van der Waals surface area contributed by atoms with Crippen molar-refractivity contribution >= 4 is 29.9 Å². The van der Waals surface area contributed by atoms with Crippen molar-refractivity contribution in [3.8, 4) is 0 Å². The number of hydrogen-bond acceptors (Lipinski definition) is 2. The van der Waals surface area contributed by atoms with Gasteiger partial charge in [-0.25, -0.2) is 9.38 Å². The van der Waals surface area contributed by atoms with E-state index in [0.29, 0.717) is 6.54 Å². The van der Waals surface area contributed by atoms with Crippen molar-refractivity contribution in [3.05, 3.63) is 35.6 Å². The number of guanidine groups is 1. The molecule has 0 saturated carbocycles. The Morgan fingerprint density at radius 3 is 2.76 bits per heavy atom. The molecule has 0 saturated heterocycles. The van der Waals surface area contributed by atoms with E-state index in [9.17, 15) is 4.39 Å². The lowest BCUT2D eigenvalue weighted by atomic mass is 10.2. The molecule has 0 radical (unpaired) electrons. The minimum Gasteiger partial charge on any atom is -0.382 e. The number of rotatable bonds is 8. The normalized spacial score (nSPS) is 10.9. The van der Waals surface area contributed by atoms with Gasteiger partial charge in [0.15, 0.2) is 5.96 Å². The summed E-state index contributed by atoms with van der Waals surface area (Å²) in [6.45, 7) is 7.53. The Labute approximate surface area is 143 Å². The molecule has 0 aromatic heterocycles. The molecule has 0 spiro atoms. The standard InChI is InChI=1S/C15H24FN3O.HI/c1-3-17-15(18-9-6-10-20-4-2)19-12-13-7-5-8-14(16)11-13;/h5,7-8,11H,3-4,6,9-10,12H2,1-2H3,(H2,17,18,19);1H.